The maximum atomic E-state index is 13.7. The summed E-state index contributed by atoms with van der Waals surface area (Å²) in [6.45, 7) is 1.76. The van der Waals surface area contributed by atoms with Gasteiger partial charge in [0, 0.05) is 11.8 Å². The Kier molecular flexibility index (Phi) is 2.27. The van der Waals surface area contributed by atoms with Crippen LogP contribution in [0.2, 0.25) is 0 Å². The molecule has 0 spiro atoms. The Hall–Kier alpha value is -0.180. The van der Waals surface area contributed by atoms with E-state index < -0.39 is 5.92 Å². The summed E-state index contributed by atoms with van der Waals surface area (Å²) in [7, 11) is 0. The van der Waals surface area contributed by atoms with Gasteiger partial charge in [0.05, 0.1) is 0 Å². The minimum absolute atomic E-state index is 0.255. The molecule has 2 aliphatic carbocycles. The average Bonchev–Trinajstić information content (AvgIpc) is 2.78. The van der Waals surface area contributed by atoms with Crippen LogP contribution in [0.1, 0.15) is 32.1 Å². The van der Waals surface area contributed by atoms with Gasteiger partial charge in [0.2, 0.25) is 0 Å². The third-order valence-corrected chi connectivity index (χ3v) is 4.68. The lowest BCUT2D eigenvalue weighted by Crippen LogP contribution is -2.13. The SMILES string of the molecule is FC1(F)C(C2CCCC2)C1C1CCNC1. The summed E-state index contributed by atoms with van der Waals surface area (Å²) in [6.07, 6.45) is 5.41. The van der Waals surface area contributed by atoms with Crippen molar-refractivity contribution >= 4 is 0 Å². The summed E-state index contributed by atoms with van der Waals surface area (Å²) < 4.78 is 27.5. The molecule has 1 aliphatic heterocycles. The molecule has 3 fully saturated rings. The first-order valence-electron chi connectivity index (χ1n) is 6.30. The lowest BCUT2D eigenvalue weighted by molar-refractivity contribution is 0.0673. The van der Waals surface area contributed by atoms with Crippen molar-refractivity contribution in [1.29, 1.82) is 0 Å². The molecule has 0 amide bonds. The Morgan fingerprint density at radius 3 is 2.20 bits per heavy atom. The predicted molar refractivity (Wildman–Crippen MR) is 54.9 cm³/mol. The van der Waals surface area contributed by atoms with Gasteiger partial charge in [-0.1, -0.05) is 12.8 Å². The molecule has 1 N–H and O–H groups in total. The molecular weight excluding hydrogens is 196 g/mol. The van der Waals surface area contributed by atoms with Crippen LogP contribution in [0.3, 0.4) is 0 Å². The third-order valence-electron chi connectivity index (χ3n) is 4.68. The van der Waals surface area contributed by atoms with E-state index in [0.29, 0.717) is 5.92 Å². The van der Waals surface area contributed by atoms with Crippen LogP contribution < -0.4 is 5.32 Å². The van der Waals surface area contributed by atoms with Crippen molar-refractivity contribution in [3.63, 3.8) is 0 Å². The third kappa shape index (κ3) is 1.50. The van der Waals surface area contributed by atoms with Crippen LogP contribution in [0.5, 0.6) is 0 Å². The lowest BCUT2D eigenvalue weighted by atomic mass is 9.94. The summed E-state index contributed by atoms with van der Waals surface area (Å²) in [5.41, 5.74) is 0. The van der Waals surface area contributed by atoms with Crippen molar-refractivity contribution in [2.24, 2.45) is 23.7 Å². The van der Waals surface area contributed by atoms with E-state index in [1.807, 2.05) is 0 Å². The average molecular weight is 215 g/mol. The van der Waals surface area contributed by atoms with Gasteiger partial charge >= 0.3 is 0 Å². The molecule has 0 aromatic rings. The van der Waals surface area contributed by atoms with E-state index in [1.54, 1.807) is 0 Å². The van der Waals surface area contributed by atoms with Crippen LogP contribution in [0, 0.1) is 23.7 Å². The fraction of sp³-hybridized carbons (Fsp3) is 1.00. The minimum atomic E-state index is -2.33. The van der Waals surface area contributed by atoms with Gasteiger partial charge in [0.1, 0.15) is 0 Å². The molecule has 1 heterocycles. The van der Waals surface area contributed by atoms with Gasteiger partial charge in [-0.2, -0.15) is 0 Å². The Morgan fingerprint density at radius 1 is 0.933 bits per heavy atom. The van der Waals surface area contributed by atoms with Crippen LogP contribution in [0.4, 0.5) is 8.78 Å². The van der Waals surface area contributed by atoms with E-state index in [1.165, 1.54) is 12.8 Å². The summed E-state index contributed by atoms with van der Waals surface area (Å²) in [5.74, 6) is -2.28. The fourth-order valence-corrected chi connectivity index (χ4v) is 3.89. The van der Waals surface area contributed by atoms with Crippen molar-refractivity contribution < 1.29 is 8.78 Å². The van der Waals surface area contributed by atoms with Crippen molar-refractivity contribution in [3.8, 4) is 0 Å². The molecule has 3 rings (SSSR count). The molecule has 3 heteroatoms. The predicted octanol–water partition coefficient (Wildman–Crippen LogP) is 2.67. The summed E-state index contributed by atoms with van der Waals surface area (Å²) >= 11 is 0. The van der Waals surface area contributed by atoms with Gasteiger partial charge in [-0.25, -0.2) is 8.78 Å². The van der Waals surface area contributed by atoms with Crippen LogP contribution in [0.15, 0.2) is 0 Å². The molecule has 2 saturated carbocycles. The first kappa shape index (κ1) is 10.0. The van der Waals surface area contributed by atoms with Crippen LogP contribution in [0.25, 0.3) is 0 Å². The highest BCUT2D eigenvalue weighted by molar-refractivity contribution is 5.12. The summed E-state index contributed by atoms with van der Waals surface area (Å²) in [5, 5.41) is 3.21. The Morgan fingerprint density at radius 2 is 1.60 bits per heavy atom. The van der Waals surface area contributed by atoms with Gasteiger partial charge in [-0.05, 0) is 44.2 Å². The van der Waals surface area contributed by atoms with Gasteiger partial charge < -0.3 is 5.32 Å². The van der Waals surface area contributed by atoms with Crippen LogP contribution in [-0.4, -0.2) is 19.0 Å². The Labute approximate surface area is 89.6 Å². The van der Waals surface area contributed by atoms with Gasteiger partial charge in [0.25, 0.3) is 5.92 Å². The van der Waals surface area contributed by atoms with Crippen molar-refractivity contribution in [2.45, 2.75) is 38.0 Å². The zero-order valence-electron chi connectivity index (χ0n) is 9.02. The molecule has 15 heavy (non-hydrogen) atoms. The van der Waals surface area contributed by atoms with Crippen LogP contribution >= 0.6 is 0 Å². The molecule has 1 nitrogen and oxygen atoms in total. The number of rotatable bonds is 2. The molecule has 0 bridgehead atoms. The standard InChI is InChI=1S/C12H19F2N/c13-12(14)10(8-3-1-2-4-8)11(12)9-5-6-15-7-9/h8-11,15H,1-7H2. The van der Waals surface area contributed by atoms with E-state index in [4.69, 9.17) is 0 Å². The van der Waals surface area contributed by atoms with Gasteiger partial charge in [-0.3, -0.25) is 0 Å². The normalized spacial score (nSPS) is 44.8. The van der Waals surface area contributed by atoms with E-state index in [0.717, 1.165) is 32.4 Å². The molecule has 0 radical (unpaired) electrons. The van der Waals surface area contributed by atoms with E-state index in [2.05, 4.69) is 5.32 Å². The summed E-state index contributed by atoms with van der Waals surface area (Å²) in [6, 6.07) is 0. The molecule has 0 aromatic heterocycles. The number of hydrogen-bond donors (Lipinski definition) is 1. The second-order valence-electron chi connectivity index (χ2n) is 5.52. The van der Waals surface area contributed by atoms with Gasteiger partial charge in [-0.15, -0.1) is 0 Å². The quantitative estimate of drug-likeness (QED) is 0.746. The van der Waals surface area contributed by atoms with E-state index in [-0.39, 0.29) is 17.8 Å². The second kappa shape index (κ2) is 3.41. The second-order valence-corrected chi connectivity index (χ2v) is 5.52. The lowest BCUT2D eigenvalue weighted by Gasteiger charge is -2.08. The number of halogens is 2. The minimum Gasteiger partial charge on any atom is -0.316 e. The first-order chi connectivity index (χ1) is 7.21. The zero-order chi connectivity index (χ0) is 10.5. The Balaban J connectivity index is 1.68. The number of nitrogens with one attached hydrogen (secondary N) is 1. The topological polar surface area (TPSA) is 12.0 Å². The van der Waals surface area contributed by atoms with Crippen LogP contribution in [-0.2, 0) is 0 Å². The number of hydrogen-bond acceptors (Lipinski definition) is 1. The van der Waals surface area contributed by atoms with E-state index >= 15 is 0 Å². The maximum absolute atomic E-state index is 13.7. The molecule has 0 aromatic carbocycles. The summed E-state index contributed by atoms with van der Waals surface area (Å²) in [4.78, 5) is 0. The number of alkyl halides is 2. The zero-order valence-corrected chi connectivity index (χ0v) is 9.02. The molecule has 86 valence electrons. The smallest absolute Gasteiger partial charge is 0.255 e. The maximum Gasteiger partial charge on any atom is 0.255 e. The highest BCUT2D eigenvalue weighted by Gasteiger charge is 2.72. The molecule has 1 saturated heterocycles. The fourth-order valence-electron chi connectivity index (χ4n) is 3.89. The highest BCUT2D eigenvalue weighted by atomic mass is 19.3. The van der Waals surface area contributed by atoms with Gasteiger partial charge in [0.15, 0.2) is 0 Å². The highest BCUT2D eigenvalue weighted by Crippen LogP contribution is 2.65. The first-order valence-corrected chi connectivity index (χ1v) is 6.30. The van der Waals surface area contributed by atoms with Crippen molar-refractivity contribution in [2.75, 3.05) is 13.1 Å². The molecule has 3 atom stereocenters. The van der Waals surface area contributed by atoms with E-state index in [9.17, 15) is 8.78 Å². The largest absolute Gasteiger partial charge is 0.316 e. The molecule has 3 aliphatic rings. The monoisotopic (exact) mass is 215 g/mol. The molecule has 3 unspecified atom stereocenters. The van der Waals surface area contributed by atoms with Crippen molar-refractivity contribution in [3.05, 3.63) is 0 Å². The Bertz CT molecular complexity index is 218. The molecular formula is C12H19F2N. The van der Waals surface area contributed by atoms with Crippen molar-refractivity contribution in [1.82, 2.24) is 5.32 Å².